The molecule has 27 heavy (non-hydrogen) atoms. The molecule has 1 amide bonds. The Morgan fingerprint density at radius 2 is 1.85 bits per heavy atom. The number of carbonyl (C=O) groups excluding carboxylic acids is 2. The Balaban J connectivity index is 1.60. The molecule has 0 spiro atoms. The largest absolute Gasteiger partial charge is 0.491 e. The molecule has 0 saturated heterocycles. The first-order valence-corrected chi connectivity index (χ1v) is 10.3. The summed E-state index contributed by atoms with van der Waals surface area (Å²) in [5.41, 5.74) is 2.74. The Labute approximate surface area is 163 Å². The van der Waals surface area contributed by atoms with Crippen LogP contribution in [-0.4, -0.2) is 17.8 Å². The lowest BCUT2D eigenvalue weighted by molar-refractivity contribution is -0.122. The Morgan fingerprint density at radius 1 is 1.07 bits per heavy atom. The minimum Gasteiger partial charge on any atom is -0.491 e. The maximum absolute atomic E-state index is 13.0. The maximum atomic E-state index is 13.0. The molecule has 0 saturated carbocycles. The van der Waals surface area contributed by atoms with E-state index < -0.39 is 0 Å². The van der Waals surface area contributed by atoms with Crippen molar-refractivity contribution in [3.8, 4) is 5.75 Å². The van der Waals surface area contributed by atoms with Crippen LogP contribution in [-0.2, 0) is 9.59 Å². The van der Waals surface area contributed by atoms with Crippen molar-refractivity contribution in [2.24, 2.45) is 0 Å². The second-order valence-electron chi connectivity index (χ2n) is 7.48. The Kier molecular flexibility index (Phi) is 4.87. The third-order valence-corrected chi connectivity index (χ3v) is 6.13. The number of carbonyl (C=O) groups is 2. The van der Waals surface area contributed by atoms with Gasteiger partial charge in [0.25, 0.3) is 0 Å². The van der Waals surface area contributed by atoms with Gasteiger partial charge in [0, 0.05) is 34.9 Å². The number of hydrogen-bond acceptors (Lipinski definition) is 4. The molecule has 4 nitrogen and oxygen atoms in total. The van der Waals surface area contributed by atoms with Gasteiger partial charge in [-0.15, -0.1) is 11.3 Å². The van der Waals surface area contributed by atoms with E-state index in [2.05, 4.69) is 5.32 Å². The molecule has 4 rings (SSSR count). The van der Waals surface area contributed by atoms with E-state index in [1.807, 2.05) is 55.6 Å². The minimum atomic E-state index is -0.0935. The van der Waals surface area contributed by atoms with E-state index in [1.54, 1.807) is 11.3 Å². The molecule has 5 heteroatoms. The lowest BCUT2D eigenvalue weighted by atomic mass is 9.75. The van der Waals surface area contributed by atoms with Crippen molar-refractivity contribution in [2.75, 3.05) is 0 Å². The summed E-state index contributed by atoms with van der Waals surface area (Å²) in [5, 5.41) is 4.98. The number of ether oxygens (including phenoxy) is 1. The number of thiophene rings is 1. The number of nitrogens with one attached hydrogen (secondary N) is 1. The van der Waals surface area contributed by atoms with Crippen LogP contribution in [0.5, 0.6) is 5.75 Å². The summed E-state index contributed by atoms with van der Waals surface area (Å²) in [7, 11) is 0. The molecule has 1 aliphatic heterocycles. The number of ketones is 1. The Bertz CT molecular complexity index is 881. The number of hydrogen-bond donors (Lipinski definition) is 1. The van der Waals surface area contributed by atoms with E-state index in [4.69, 9.17) is 4.74 Å². The van der Waals surface area contributed by atoms with Crippen LogP contribution in [0, 0.1) is 0 Å². The summed E-state index contributed by atoms with van der Waals surface area (Å²) in [6, 6.07) is 12.0. The molecule has 2 heterocycles. The normalized spacial score (nSPS) is 22.6. The average molecular weight is 381 g/mol. The molecule has 1 aromatic carbocycles. The highest BCUT2D eigenvalue weighted by molar-refractivity contribution is 7.10. The summed E-state index contributed by atoms with van der Waals surface area (Å²) in [6.07, 6.45) is 1.67. The summed E-state index contributed by atoms with van der Waals surface area (Å²) in [6.45, 7) is 4.00. The van der Waals surface area contributed by atoms with Crippen molar-refractivity contribution >= 4 is 23.0 Å². The molecule has 2 atom stereocenters. The van der Waals surface area contributed by atoms with Crippen LogP contribution in [0.2, 0.25) is 0 Å². The van der Waals surface area contributed by atoms with Crippen LogP contribution < -0.4 is 10.1 Å². The highest BCUT2D eigenvalue weighted by Crippen LogP contribution is 2.43. The van der Waals surface area contributed by atoms with Crippen LogP contribution in [0.15, 0.2) is 53.0 Å². The van der Waals surface area contributed by atoms with Gasteiger partial charge in [-0.2, -0.15) is 0 Å². The fourth-order valence-electron chi connectivity index (χ4n) is 4.02. The van der Waals surface area contributed by atoms with Gasteiger partial charge in [-0.3, -0.25) is 9.59 Å². The van der Waals surface area contributed by atoms with Crippen LogP contribution in [0.25, 0.3) is 0 Å². The quantitative estimate of drug-likeness (QED) is 0.846. The molecular weight excluding hydrogens is 358 g/mol. The minimum absolute atomic E-state index is 0.00119. The third kappa shape index (κ3) is 3.69. The van der Waals surface area contributed by atoms with Gasteiger partial charge in [-0.05, 0) is 55.3 Å². The van der Waals surface area contributed by atoms with Gasteiger partial charge in [0.05, 0.1) is 6.10 Å². The van der Waals surface area contributed by atoms with Gasteiger partial charge in [0.1, 0.15) is 5.75 Å². The van der Waals surface area contributed by atoms with E-state index in [0.29, 0.717) is 19.3 Å². The predicted molar refractivity (Wildman–Crippen MR) is 106 cm³/mol. The number of benzene rings is 1. The number of rotatable bonds is 4. The third-order valence-electron chi connectivity index (χ3n) is 5.15. The fraction of sp³-hybridized carbons (Fsp3) is 0.364. The van der Waals surface area contributed by atoms with Crippen molar-refractivity contribution in [1.29, 1.82) is 0 Å². The van der Waals surface area contributed by atoms with Crippen LogP contribution >= 0.6 is 11.3 Å². The van der Waals surface area contributed by atoms with Gasteiger partial charge in [0.2, 0.25) is 5.91 Å². The lowest BCUT2D eigenvalue weighted by Crippen LogP contribution is -2.37. The first-order valence-electron chi connectivity index (χ1n) is 9.37. The molecule has 1 aromatic heterocycles. The SMILES string of the molecule is CC(C)Oc1ccc([C@H]2CC(=O)C3=C(C2)NC(=O)C[C@H]3c2cccs2)cc1. The zero-order chi connectivity index (χ0) is 19.0. The molecule has 1 N–H and O–H groups in total. The van der Waals surface area contributed by atoms with Crippen LogP contribution in [0.3, 0.4) is 0 Å². The van der Waals surface area contributed by atoms with Gasteiger partial charge in [-0.1, -0.05) is 18.2 Å². The van der Waals surface area contributed by atoms with E-state index in [1.165, 1.54) is 0 Å². The molecule has 140 valence electrons. The molecule has 0 radical (unpaired) electrons. The lowest BCUT2D eigenvalue weighted by Gasteiger charge is -2.34. The van der Waals surface area contributed by atoms with Crippen molar-refractivity contribution < 1.29 is 14.3 Å². The molecule has 2 aromatic rings. The molecule has 0 fully saturated rings. The molecular formula is C22H23NO3S. The zero-order valence-corrected chi connectivity index (χ0v) is 16.3. The monoisotopic (exact) mass is 381 g/mol. The van der Waals surface area contributed by atoms with Gasteiger partial charge < -0.3 is 10.1 Å². The summed E-state index contributed by atoms with van der Waals surface area (Å²) in [5.74, 6) is 0.985. The van der Waals surface area contributed by atoms with Gasteiger partial charge in [0.15, 0.2) is 5.78 Å². The second kappa shape index (κ2) is 7.31. The number of amides is 1. The maximum Gasteiger partial charge on any atom is 0.225 e. The van der Waals surface area contributed by atoms with Crippen molar-refractivity contribution in [1.82, 2.24) is 5.32 Å². The average Bonchev–Trinajstić information content (AvgIpc) is 3.15. The van der Waals surface area contributed by atoms with E-state index >= 15 is 0 Å². The van der Waals surface area contributed by atoms with Gasteiger partial charge >= 0.3 is 0 Å². The highest BCUT2D eigenvalue weighted by Gasteiger charge is 2.38. The number of allylic oxidation sites excluding steroid dienone is 2. The first kappa shape index (κ1) is 18.0. The van der Waals surface area contributed by atoms with Crippen LogP contribution in [0.4, 0.5) is 0 Å². The second-order valence-corrected chi connectivity index (χ2v) is 8.46. The molecule has 0 unspecified atom stereocenters. The van der Waals surface area contributed by atoms with Crippen molar-refractivity contribution in [3.63, 3.8) is 0 Å². The molecule has 0 bridgehead atoms. The summed E-state index contributed by atoms with van der Waals surface area (Å²) < 4.78 is 5.70. The van der Waals surface area contributed by atoms with E-state index in [0.717, 1.165) is 27.5 Å². The standard InChI is InChI=1S/C22H23NO3S/c1-13(2)26-16-7-5-14(6-8-16)15-10-18-22(19(24)11-15)17(12-21(25)23-18)20-4-3-9-27-20/h3-9,13,15,17H,10-12H2,1-2H3,(H,23,25)/t15-,17+/m1/s1. The smallest absolute Gasteiger partial charge is 0.225 e. The predicted octanol–water partition coefficient (Wildman–Crippen LogP) is 4.54. The molecule has 2 aliphatic rings. The molecule has 1 aliphatic carbocycles. The van der Waals surface area contributed by atoms with Crippen molar-refractivity contribution in [2.45, 2.75) is 51.0 Å². The summed E-state index contributed by atoms with van der Waals surface area (Å²) in [4.78, 5) is 26.4. The Morgan fingerprint density at radius 3 is 2.52 bits per heavy atom. The Hall–Kier alpha value is -2.40. The first-order chi connectivity index (χ1) is 13.0. The van der Waals surface area contributed by atoms with Crippen LogP contribution in [0.1, 0.15) is 55.4 Å². The topological polar surface area (TPSA) is 55.4 Å². The van der Waals surface area contributed by atoms with Gasteiger partial charge in [-0.25, -0.2) is 0 Å². The zero-order valence-electron chi connectivity index (χ0n) is 15.5. The van der Waals surface area contributed by atoms with E-state index in [-0.39, 0.29) is 29.6 Å². The van der Waals surface area contributed by atoms with E-state index in [9.17, 15) is 9.59 Å². The fourth-order valence-corrected chi connectivity index (χ4v) is 4.86. The number of Topliss-reactive ketones (excluding diaryl/α,β-unsaturated/α-hetero) is 1. The van der Waals surface area contributed by atoms with Crippen molar-refractivity contribution in [3.05, 3.63) is 63.5 Å². The highest BCUT2D eigenvalue weighted by atomic mass is 32.1. The summed E-state index contributed by atoms with van der Waals surface area (Å²) >= 11 is 1.61.